The summed E-state index contributed by atoms with van der Waals surface area (Å²) in [6.45, 7) is 6.17. The molecule has 4 nitrogen and oxygen atoms in total. The van der Waals surface area contributed by atoms with Crippen molar-refractivity contribution in [2.24, 2.45) is 0 Å². The van der Waals surface area contributed by atoms with Crippen molar-refractivity contribution in [3.63, 3.8) is 0 Å². The summed E-state index contributed by atoms with van der Waals surface area (Å²) in [5, 5.41) is 2.73. The summed E-state index contributed by atoms with van der Waals surface area (Å²) in [5.41, 5.74) is 3.47. The Hall–Kier alpha value is -2.53. The molecule has 1 aliphatic rings. The van der Waals surface area contributed by atoms with E-state index in [0.717, 1.165) is 43.0 Å². The molecule has 1 N–H and O–H groups in total. The predicted molar refractivity (Wildman–Crippen MR) is 107 cm³/mol. The fourth-order valence-electron chi connectivity index (χ4n) is 3.69. The van der Waals surface area contributed by atoms with Gasteiger partial charge in [0.15, 0.2) is 0 Å². The Morgan fingerprint density at radius 1 is 0.960 bits per heavy atom. The largest absolute Gasteiger partial charge is 0.366 e. The van der Waals surface area contributed by atoms with Gasteiger partial charge in [0.25, 0.3) is 0 Å². The molecular formula is C20H20N4S. The molecule has 25 heavy (non-hydrogen) atoms. The number of thiophene rings is 1. The van der Waals surface area contributed by atoms with Crippen LogP contribution in [0.3, 0.4) is 0 Å². The van der Waals surface area contributed by atoms with E-state index in [2.05, 4.69) is 68.3 Å². The van der Waals surface area contributed by atoms with Gasteiger partial charge in [0.2, 0.25) is 0 Å². The van der Waals surface area contributed by atoms with E-state index in [9.17, 15) is 0 Å². The monoisotopic (exact) mass is 348 g/mol. The number of H-pyrrole nitrogens is 1. The van der Waals surface area contributed by atoms with E-state index in [1.54, 1.807) is 0 Å². The number of nitrogens with zero attached hydrogens (tertiary/aromatic N) is 3. The molecule has 0 amide bonds. The van der Waals surface area contributed by atoms with Crippen molar-refractivity contribution >= 4 is 43.1 Å². The highest BCUT2D eigenvalue weighted by atomic mass is 32.1. The molecule has 1 fully saturated rings. The molecule has 4 aromatic rings. The van der Waals surface area contributed by atoms with Gasteiger partial charge < -0.3 is 14.8 Å². The summed E-state index contributed by atoms with van der Waals surface area (Å²) in [6, 6.07) is 17.4. The van der Waals surface area contributed by atoms with Gasteiger partial charge in [-0.05, 0) is 36.6 Å². The van der Waals surface area contributed by atoms with Crippen molar-refractivity contribution in [1.29, 1.82) is 0 Å². The first-order valence-corrected chi connectivity index (χ1v) is 9.53. The van der Waals surface area contributed by atoms with E-state index in [1.807, 2.05) is 18.3 Å². The molecule has 0 atom stereocenters. The summed E-state index contributed by atoms with van der Waals surface area (Å²) < 4.78 is 1.37. The number of nitrogens with one attached hydrogen (secondary N) is 1. The van der Waals surface area contributed by atoms with E-state index in [0.29, 0.717) is 0 Å². The van der Waals surface area contributed by atoms with E-state index < -0.39 is 0 Å². The quantitative estimate of drug-likeness (QED) is 0.583. The minimum atomic E-state index is 0.978. The summed E-state index contributed by atoms with van der Waals surface area (Å²) in [7, 11) is 0. The smallest absolute Gasteiger partial charge is 0.112 e. The van der Waals surface area contributed by atoms with Crippen LogP contribution in [0.25, 0.3) is 21.1 Å². The molecule has 0 radical (unpaired) electrons. The van der Waals surface area contributed by atoms with Gasteiger partial charge in [-0.15, -0.1) is 11.3 Å². The lowest BCUT2D eigenvalue weighted by atomic mass is 10.2. The predicted octanol–water partition coefficient (Wildman–Crippen LogP) is 4.41. The second-order valence-electron chi connectivity index (χ2n) is 6.59. The second kappa shape index (κ2) is 5.77. The number of hydrogen-bond acceptors (Lipinski definition) is 4. The van der Waals surface area contributed by atoms with Gasteiger partial charge in [-0.3, -0.25) is 0 Å². The molecule has 0 aliphatic carbocycles. The van der Waals surface area contributed by atoms with Crippen LogP contribution in [-0.2, 0) is 0 Å². The molecule has 0 unspecified atom stereocenters. The van der Waals surface area contributed by atoms with Crippen LogP contribution < -0.4 is 9.80 Å². The Morgan fingerprint density at radius 2 is 1.76 bits per heavy atom. The maximum absolute atomic E-state index is 4.69. The molecule has 3 heterocycles. The van der Waals surface area contributed by atoms with Crippen LogP contribution in [0.4, 0.5) is 10.7 Å². The SMILES string of the molecule is Cc1nc2c(N3CCN(c4cc5ccccc5s4)CC3)cccc2[nH]1. The Bertz CT molecular complexity index is 1010. The minimum Gasteiger partial charge on any atom is -0.366 e. The lowest BCUT2D eigenvalue weighted by Crippen LogP contribution is -2.46. The van der Waals surface area contributed by atoms with Gasteiger partial charge >= 0.3 is 0 Å². The van der Waals surface area contributed by atoms with Crippen LogP contribution >= 0.6 is 11.3 Å². The van der Waals surface area contributed by atoms with Crippen molar-refractivity contribution in [1.82, 2.24) is 9.97 Å². The summed E-state index contributed by atoms with van der Waals surface area (Å²) in [4.78, 5) is 13.0. The summed E-state index contributed by atoms with van der Waals surface area (Å²) >= 11 is 1.90. The number of rotatable bonds is 2. The van der Waals surface area contributed by atoms with Crippen molar-refractivity contribution in [3.8, 4) is 0 Å². The number of aromatic nitrogens is 2. The average Bonchev–Trinajstić information content (AvgIpc) is 3.24. The number of anilines is 2. The lowest BCUT2D eigenvalue weighted by molar-refractivity contribution is 0.658. The van der Waals surface area contributed by atoms with Crippen LogP contribution in [0.2, 0.25) is 0 Å². The third-order valence-corrected chi connectivity index (χ3v) is 6.13. The molecule has 0 saturated carbocycles. The van der Waals surface area contributed by atoms with Crippen LogP contribution in [-0.4, -0.2) is 36.1 Å². The zero-order chi connectivity index (χ0) is 16.8. The fraction of sp³-hybridized carbons (Fsp3) is 0.250. The molecule has 126 valence electrons. The van der Waals surface area contributed by atoms with Crippen molar-refractivity contribution in [3.05, 3.63) is 54.4 Å². The van der Waals surface area contributed by atoms with Crippen LogP contribution in [0.15, 0.2) is 48.5 Å². The number of benzene rings is 2. The maximum Gasteiger partial charge on any atom is 0.112 e. The Kier molecular flexibility index (Phi) is 3.41. The zero-order valence-electron chi connectivity index (χ0n) is 14.2. The van der Waals surface area contributed by atoms with Crippen LogP contribution in [0.5, 0.6) is 0 Å². The highest BCUT2D eigenvalue weighted by molar-refractivity contribution is 7.22. The molecule has 5 heteroatoms. The van der Waals surface area contributed by atoms with E-state index in [1.165, 1.54) is 20.8 Å². The first-order chi connectivity index (χ1) is 12.3. The average molecular weight is 348 g/mol. The third-order valence-electron chi connectivity index (χ3n) is 4.95. The van der Waals surface area contributed by atoms with Crippen molar-refractivity contribution < 1.29 is 0 Å². The highest BCUT2D eigenvalue weighted by Gasteiger charge is 2.21. The fourth-order valence-corrected chi connectivity index (χ4v) is 4.80. The van der Waals surface area contributed by atoms with E-state index in [4.69, 9.17) is 0 Å². The first kappa shape index (κ1) is 14.8. The summed E-state index contributed by atoms with van der Waals surface area (Å²) in [6.07, 6.45) is 0. The molecule has 0 bridgehead atoms. The number of fused-ring (bicyclic) bond motifs is 2. The standard InChI is InChI=1S/C20H20N4S/c1-14-21-16-6-4-7-17(20(16)22-14)23-9-11-24(12-10-23)19-13-15-5-2-3-8-18(15)25-19/h2-8,13H,9-12H2,1H3,(H,21,22). The normalized spacial score (nSPS) is 15.4. The molecule has 0 spiro atoms. The van der Waals surface area contributed by atoms with Gasteiger partial charge in [0.1, 0.15) is 11.3 Å². The number of hydrogen-bond donors (Lipinski definition) is 1. The van der Waals surface area contributed by atoms with E-state index in [-0.39, 0.29) is 0 Å². The van der Waals surface area contributed by atoms with E-state index >= 15 is 0 Å². The molecule has 1 saturated heterocycles. The summed E-state index contributed by atoms with van der Waals surface area (Å²) in [5.74, 6) is 0.978. The number of imidazole rings is 1. The number of para-hydroxylation sites is 1. The molecular weight excluding hydrogens is 328 g/mol. The zero-order valence-corrected chi connectivity index (χ0v) is 15.0. The van der Waals surface area contributed by atoms with Crippen LogP contribution in [0, 0.1) is 6.92 Å². The Morgan fingerprint density at radius 3 is 2.60 bits per heavy atom. The van der Waals surface area contributed by atoms with Crippen LogP contribution in [0.1, 0.15) is 5.82 Å². The lowest BCUT2D eigenvalue weighted by Gasteiger charge is -2.36. The van der Waals surface area contributed by atoms with Crippen molar-refractivity contribution in [2.75, 3.05) is 36.0 Å². The number of aromatic amines is 1. The topological polar surface area (TPSA) is 35.2 Å². The maximum atomic E-state index is 4.69. The third kappa shape index (κ3) is 2.55. The second-order valence-corrected chi connectivity index (χ2v) is 7.65. The molecule has 1 aliphatic heterocycles. The minimum absolute atomic E-state index is 0.978. The highest BCUT2D eigenvalue weighted by Crippen LogP contribution is 2.34. The van der Waals surface area contributed by atoms with Gasteiger partial charge in [-0.1, -0.05) is 24.3 Å². The first-order valence-electron chi connectivity index (χ1n) is 8.72. The van der Waals surface area contributed by atoms with Gasteiger partial charge in [-0.2, -0.15) is 0 Å². The number of aryl methyl sites for hydroxylation is 1. The number of piperazine rings is 1. The molecule has 2 aromatic heterocycles. The van der Waals surface area contributed by atoms with Crippen molar-refractivity contribution in [2.45, 2.75) is 6.92 Å². The van der Waals surface area contributed by atoms with Gasteiger partial charge in [0, 0.05) is 30.9 Å². The van der Waals surface area contributed by atoms with Gasteiger partial charge in [-0.25, -0.2) is 4.98 Å². The Balaban J connectivity index is 1.38. The molecule has 5 rings (SSSR count). The molecule has 2 aromatic carbocycles. The van der Waals surface area contributed by atoms with Gasteiger partial charge in [0.05, 0.1) is 16.2 Å². The Labute approximate surface area is 150 Å².